The van der Waals surface area contributed by atoms with Crippen LogP contribution in [0.4, 0.5) is 0 Å². The number of nitrogens with zero attached hydrogens (tertiary/aromatic N) is 1. The summed E-state index contributed by atoms with van der Waals surface area (Å²) in [6.07, 6.45) is 3.47. The molecule has 1 saturated carbocycles. The van der Waals surface area contributed by atoms with E-state index in [1.807, 2.05) is 18.2 Å². The fraction of sp³-hybridized carbons (Fsp3) is 0.533. The zero-order chi connectivity index (χ0) is 13.7. The maximum Gasteiger partial charge on any atom is 0.164 e. The number of nitriles is 1. The summed E-state index contributed by atoms with van der Waals surface area (Å²) in [7, 11) is 1.64. The first-order valence-corrected chi connectivity index (χ1v) is 6.60. The zero-order valence-corrected chi connectivity index (χ0v) is 11.3. The molecule has 2 rings (SSSR count). The van der Waals surface area contributed by atoms with Gasteiger partial charge in [0.25, 0.3) is 0 Å². The van der Waals surface area contributed by atoms with E-state index in [9.17, 15) is 0 Å². The van der Waals surface area contributed by atoms with Crippen LogP contribution in [0.2, 0.25) is 0 Å². The molecule has 0 amide bonds. The SMILES string of the molecule is COc1cccc(CCN)c1OCC1(CC#N)CC1. The molecule has 0 unspecified atom stereocenters. The Labute approximate surface area is 114 Å². The first-order valence-electron chi connectivity index (χ1n) is 6.60. The van der Waals surface area contributed by atoms with Crippen molar-refractivity contribution in [2.24, 2.45) is 11.1 Å². The maximum atomic E-state index is 8.83. The van der Waals surface area contributed by atoms with Crippen molar-refractivity contribution in [1.82, 2.24) is 0 Å². The zero-order valence-electron chi connectivity index (χ0n) is 11.3. The van der Waals surface area contributed by atoms with Gasteiger partial charge in [0.05, 0.1) is 19.8 Å². The summed E-state index contributed by atoms with van der Waals surface area (Å²) in [6, 6.07) is 8.08. The predicted octanol–water partition coefficient (Wildman–Crippen LogP) is 2.27. The third-order valence-corrected chi connectivity index (χ3v) is 3.63. The van der Waals surface area contributed by atoms with Crippen LogP contribution in [0.1, 0.15) is 24.8 Å². The molecular weight excluding hydrogens is 240 g/mol. The molecule has 0 bridgehead atoms. The van der Waals surface area contributed by atoms with Gasteiger partial charge in [0, 0.05) is 11.8 Å². The highest BCUT2D eigenvalue weighted by molar-refractivity contribution is 5.46. The predicted molar refractivity (Wildman–Crippen MR) is 73.1 cm³/mol. The number of rotatable bonds is 7. The highest BCUT2D eigenvalue weighted by Gasteiger charge is 2.43. The molecule has 0 saturated heterocycles. The van der Waals surface area contributed by atoms with Crippen LogP contribution in [0.5, 0.6) is 11.5 Å². The minimum atomic E-state index is 0.0651. The molecule has 0 spiro atoms. The molecule has 0 atom stereocenters. The van der Waals surface area contributed by atoms with Crippen LogP contribution in [-0.2, 0) is 6.42 Å². The molecule has 102 valence electrons. The van der Waals surface area contributed by atoms with Crippen LogP contribution < -0.4 is 15.2 Å². The van der Waals surface area contributed by atoms with Crippen molar-refractivity contribution in [3.05, 3.63) is 23.8 Å². The Morgan fingerprint density at radius 2 is 2.21 bits per heavy atom. The summed E-state index contributed by atoms with van der Waals surface area (Å²) in [5, 5.41) is 8.83. The summed E-state index contributed by atoms with van der Waals surface area (Å²) in [6.45, 7) is 1.16. The van der Waals surface area contributed by atoms with Gasteiger partial charge in [-0.25, -0.2) is 0 Å². The molecule has 0 heterocycles. The number of nitrogens with two attached hydrogens (primary N) is 1. The molecule has 1 aliphatic carbocycles. The largest absolute Gasteiger partial charge is 0.493 e. The van der Waals surface area contributed by atoms with Crippen molar-refractivity contribution < 1.29 is 9.47 Å². The van der Waals surface area contributed by atoms with Gasteiger partial charge in [0.15, 0.2) is 11.5 Å². The van der Waals surface area contributed by atoms with Gasteiger partial charge in [-0.05, 0) is 37.4 Å². The summed E-state index contributed by atoms with van der Waals surface area (Å²) in [5.74, 6) is 1.51. The lowest BCUT2D eigenvalue weighted by Crippen LogP contribution is -2.14. The number of methoxy groups -OCH3 is 1. The third kappa shape index (κ3) is 3.18. The fourth-order valence-corrected chi connectivity index (χ4v) is 2.18. The number of para-hydroxylation sites is 1. The Morgan fingerprint density at radius 1 is 1.42 bits per heavy atom. The van der Waals surface area contributed by atoms with Crippen LogP contribution in [0.25, 0.3) is 0 Å². The second kappa shape index (κ2) is 5.94. The van der Waals surface area contributed by atoms with E-state index in [2.05, 4.69) is 6.07 Å². The molecule has 2 N–H and O–H groups in total. The van der Waals surface area contributed by atoms with E-state index in [-0.39, 0.29) is 5.41 Å². The van der Waals surface area contributed by atoms with E-state index in [1.54, 1.807) is 7.11 Å². The van der Waals surface area contributed by atoms with Crippen molar-refractivity contribution in [2.75, 3.05) is 20.3 Å². The Bertz CT molecular complexity index is 476. The van der Waals surface area contributed by atoms with Crippen LogP contribution in [-0.4, -0.2) is 20.3 Å². The van der Waals surface area contributed by atoms with Crippen molar-refractivity contribution in [3.8, 4) is 17.6 Å². The average molecular weight is 260 g/mol. The standard InChI is InChI=1S/C15H20N2O2/c1-18-13-4-2-3-12(5-9-16)14(13)19-11-15(6-7-15)8-10-17/h2-4H,5-9,11,16H2,1H3. The molecule has 1 aromatic rings. The summed E-state index contributed by atoms with van der Waals surface area (Å²) in [4.78, 5) is 0. The molecule has 0 aromatic heterocycles. The van der Waals surface area contributed by atoms with Gasteiger partial charge in [-0.2, -0.15) is 5.26 Å². The topological polar surface area (TPSA) is 68.3 Å². The van der Waals surface area contributed by atoms with Gasteiger partial charge in [0.2, 0.25) is 0 Å². The molecule has 1 aliphatic rings. The summed E-state index contributed by atoms with van der Waals surface area (Å²) in [5.41, 5.74) is 6.75. The van der Waals surface area contributed by atoms with E-state index < -0.39 is 0 Å². The molecule has 4 nitrogen and oxygen atoms in total. The smallest absolute Gasteiger partial charge is 0.164 e. The number of hydrogen-bond acceptors (Lipinski definition) is 4. The number of hydrogen-bond donors (Lipinski definition) is 1. The first kappa shape index (κ1) is 13.7. The minimum Gasteiger partial charge on any atom is -0.493 e. The van der Waals surface area contributed by atoms with E-state index in [0.29, 0.717) is 19.6 Å². The lowest BCUT2D eigenvalue weighted by Gasteiger charge is -2.18. The molecule has 4 heteroatoms. The number of ether oxygens (including phenoxy) is 2. The highest BCUT2D eigenvalue weighted by atomic mass is 16.5. The lowest BCUT2D eigenvalue weighted by molar-refractivity contribution is 0.225. The number of benzene rings is 1. The second-order valence-corrected chi connectivity index (χ2v) is 5.11. The van der Waals surface area contributed by atoms with Crippen LogP contribution >= 0.6 is 0 Å². The molecule has 0 aliphatic heterocycles. The van der Waals surface area contributed by atoms with Crippen molar-refractivity contribution in [3.63, 3.8) is 0 Å². The van der Waals surface area contributed by atoms with Crippen LogP contribution in [0, 0.1) is 16.7 Å². The third-order valence-electron chi connectivity index (χ3n) is 3.63. The Hall–Kier alpha value is -1.73. The van der Waals surface area contributed by atoms with Crippen LogP contribution in [0.3, 0.4) is 0 Å². The monoisotopic (exact) mass is 260 g/mol. The van der Waals surface area contributed by atoms with Crippen molar-refractivity contribution >= 4 is 0 Å². The Balaban J connectivity index is 2.12. The Kier molecular flexibility index (Phi) is 4.28. The molecule has 19 heavy (non-hydrogen) atoms. The summed E-state index contributed by atoms with van der Waals surface area (Å²) < 4.78 is 11.3. The van der Waals surface area contributed by atoms with Gasteiger partial charge in [-0.15, -0.1) is 0 Å². The quantitative estimate of drug-likeness (QED) is 0.816. The van der Waals surface area contributed by atoms with E-state index >= 15 is 0 Å². The molecule has 0 radical (unpaired) electrons. The van der Waals surface area contributed by atoms with Gasteiger partial charge in [-0.1, -0.05) is 12.1 Å². The Morgan fingerprint density at radius 3 is 2.79 bits per heavy atom. The van der Waals surface area contributed by atoms with Gasteiger partial charge < -0.3 is 15.2 Å². The highest BCUT2D eigenvalue weighted by Crippen LogP contribution is 2.49. The van der Waals surface area contributed by atoms with Gasteiger partial charge >= 0.3 is 0 Å². The van der Waals surface area contributed by atoms with Crippen LogP contribution in [0.15, 0.2) is 18.2 Å². The maximum absolute atomic E-state index is 8.83. The fourth-order valence-electron chi connectivity index (χ4n) is 2.18. The second-order valence-electron chi connectivity index (χ2n) is 5.11. The summed E-state index contributed by atoms with van der Waals surface area (Å²) >= 11 is 0. The van der Waals surface area contributed by atoms with E-state index in [0.717, 1.165) is 36.3 Å². The van der Waals surface area contributed by atoms with E-state index in [1.165, 1.54) is 0 Å². The molecule has 1 fully saturated rings. The average Bonchev–Trinajstić information content (AvgIpc) is 3.18. The lowest BCUT2D eigenvalue weighted by atomic mass is 10.1. The molecular formula is C15H20N2O2. The first-order chi connectivity index (χ1) is 9.24. The normalized spacial score (nSPS) is 15.6. The van der Waals surface area contributed by atoms with E-state index in [4.69, 9.17) is 20.5 Å². The minimum absolute atomic E-state index is 0.0651. The molecule has 1 aromatic carbocycles. The van der Waals surface area contributed by atoms with Crippen molar-refractivity contribution in [1.29, 1.82) is 5.26 Å². The van der Waals surface area contributed by atoms with Gasteiger partial charge in [0.1, 0.15) is 0 Å². The van der Waals surface area contributed by atoms with Gasteiger partial charge in [-0.3, -0.25) is 0 Å². The van der Waals surface area contributed by atoms with Crippen molar-refractivity contribution in [2.45, 2.75) is 25.7 Å².